The molecule has 1 amide bonds. The van der Waals surface area contributed by atoms with Crippen LogP contribution in [0.15, 0.2) is 0 Å². The summed E-state index contributed by atoms with van der Waals surface area (Å²) in [7, 11) is 0. The zero-order valence-electron chi connectivity index (χ0n) is 14.1. The summed E-state index contributed by atoms with van der Waals surface area (Å²) in [5, 5.41) is 3.09. The van der Waals surface area contributed by atoms with Gasteiger partial charge in [-0.3, -0.25) is 14.5 Å². The van der Waals surface area contributed by atoms with Crippen molar-refractivity contribution in [3.8, 4) is 0 Å². The first-order chi connectivity index (χ1) is 9.80. The molecule has 5 nitrogen and oxygen atoms in total. The summed E-state index contributed by atoms with van der Waals surface area (Å²) in [5.74, 6) is -0.0404. The molecule has 0 radical (unpaired) electrons. The van der Waals surface area contributed by atoms with Gasteiger partial charge < -0.3 is 10.1 Å². The Kier molecular flexibility index (Phi) is 6.65. The molecule has 0 saturated carbocycles. The van der Waals surface area contributed by atoms with Gasteiger partial charge in [0.2, 0.25) is 5.91 Å². The number of esters is 1. The lowest BCUT2D eigenvalue weighted by Gasteiger charge is -2.36. The highest BCUT2D eigenvalue weighted by Crippen LogP contribution is 2.20. The van der Waals surface area contributed by atoms with E-state index in [0.29, 0.717) is 6.61 Å². The minimum atomic E-state index is -0.172. The highest BCUT2D eigenvalue weighted by atomic mass is 16.5. The standard InChI is InChI=1S/C16H30N2O3/c1-6-16(4,5)17-14(19)12(3)18-10-8-13(9-11-18)15(20)21-7-2/h12-13H,6-11H2,1-5H3,(H,17,19). The topological polar surface area (TPSA) is 58.6 Å². The van der Waals surface area contributed by atoms with E-state index in [2.05, 4.69) is 17.1 Å². The van der Waals surface area contributed by atoms with E-state index in [9.17, 15) is 9.59 Å². The lowest BCUT2D eigenvalue weighted by atomic mass is 9.95. The number of ether oxygens (including phenoxy) is 1. The van der Waals surface area contributed by atoms with Crippen molar-refractivity contribution in [2.75, 3.05) is 19.7 Å². The molecule has 21 heavy (non-hydrogen) atoms. The zero-order chi connectivity index (χ0) is 16.0. The fourth-order valence-electron chi connectivity index (χ4n) is 2.47. The number of amides is 1. The molecule has 1 N–H and O–H groups in total. The normalized spacial score (nSPS) is 19.1. The molecule has 1 saturated heterocycles. The van der Waals surface area contributed by atoms with Gasteiger partial charge in [-0.15, -0.1) is 0 Å². The second kappa shape index (κ2) is 7.78. The summed E-state index contributed by atoms with van der Waals surface area (Å²) < 4.78 is 5.07. The number of piperidine rings is 1. The highest BCUT2D eigenvalue weighted by molar-refractivity contribution is 5.82. The molecular formula is C16H30N2O3. The van der Waals surface area contributed by atoms with Crippen LogP contribution >= 0.6 is 0 Å². The second-order valence-corrected chi connectivity index (χ2v) is 6.46. The predicted molar refractivity (Wildman–Crippen MR) is 82.9 cm³/mol. The van der Waals surface area contributed by atoms with Crippen LogP contribution in [0.1, 0.15) is 53.9 Å². The maximum Gasteiger partial charge on any atom is 0.309 e. The summed E-state index contributed by atoms with van der Waals surface area (Å²) in [6.07, 6.45) is 2.44. The van der Waals surface area contributed by atoms with E-state index in [-0.39, 0.29) is 29.4 Å². The number of nitrogens with zero attached hydrogens (tertiary/aromatic N) is 1. The second-order valence-electron chi connectivity index (χ2n) is 6.46. The van der Waals surface area contributed by atoms with Gasteiger partial charge in [0.1, 0.15) is 0 Å². The summed E-state index contributed by atoms with van der Waals surface area (Å²) in [4.78, 5) is 26.2. The van der Waals surface area contributed by atoms with E-state index >= 15 is 0 Å². The number of rotatable bonds is 6. The van der Waals surface area contributed by atoms with Crippen LogP contribution in [0.3, 0.4) is 0 Å². The molecule has 0 bridgehead atoms. The zero-order valence-corrected chi connectivity index (χ0v) is 14.1. The van der Waals surface area contributed by atoms with Gasteiger partial charge in [-0.25, -0.2) is 0 Å². The van der Waals surface area contributed by atoms with Gasteiger partial charge in [0.05, 0.1) is 18.6 Å². The van der Waals surface area contributed by atoms with Crippen molar-refractivity contribution >= 4 is 11.9 Å². The van der Waals surface area contributed by atoms with E-state index in [1.807, 2.05) is 27.7 Å². The number of likely N-dealkylation sites (tertiary alicyclic amines) is 1. The summed E-state index contributed by atoms with van der Waals surface area (Å²) in [6.45, 7) is 11.9. The maximum atomic E-state index is 12.3. The fourth-order valence-corrected chi connectivity index (χ4v) is 2.47. The molecule has 0 aromatic carbocycles. The first kappa shape index (κ1) is 18.0. The van der Waals surface area contributed by atoms with E-state index in [1.54, 1.807) is 0 Å². The molecule has 1 atom stereocenters. The van der Waals surface area contributed by atoms with Crippen LogP contribution in [0.25, 0.3) is 0 Å². The van der Waals surface area contributed by atoms with Crippen molar-refractivity contribution < 1.29 is 14.3 Å². The Morgan fingerprint density at radius 3 is 2.33 bits per heavy atom. The monoisotopic (exact) mass is 298 g/mol. The minimum Gasteiger partial charge on any atom is -0.466 e. The molecule has 1 heterocycles. The Labute approximate surface area is 128 Å². The fraction of sp³-hybridized carbons (Fsp3) is 0.875. The van der Waals surface area contributed by atoms with Crippen molar-refractivity contribution in [1.29, 1.82) is 0 Å². The van der Waals surface area contributed by atoms with Crippen LogP contribution in [-0.2, 0) is 14.3 Å². The molecule has 1 aliphatic heterocycles. The summed E-state index contributed by atoms with van der Waals surface area (Å²) in [5.41, 5.74) is -0.172. The lowest BCUT2D eigenvalue weighted by Crippen LogP contribution is -2.53. The Hall–Kier alpha value is -1.10. The number of hydrogen-bond donors (Lipinski definition) is 1. The van der Waals surface area contributed by atoms with Crippen LogP contribution in [-0.4, -0.2) is 48.1 Å². The number of nitrogens with one attached hydrogen (secondary N) is 1. The van der Waals surface area contributed by atoms with Gasteiger partial charge in [-0.1, -0.05) is 6.92 Å². The number of carbonyl (C=O) groups excluding carboxylic acids is 2. The van der Waals surface area contributed by atoms with Crippen molar-refractivity contribution in [2.24, 2.45) is 5.92 Å². The van der Waals surface area contributed by atoms with Crippen LogP contribution < -0.4 is 5.32 Å². The first-order valence-corrected chi connectivity index (χ1v) is 8.03. The molecule has 122 valence electrons. The molecule has 5 heteroatoms. The molecule has 1 aliphatic rings. The Bertz CT molecular complexity index is 361. The largest absolute Gasteiger partial charge is 0.466 e. The third-order valence-electron chi connectivity index (χ3n) is 4.42. The van der Waals surface area contributed by atoms with Gasteiger partial charge in [0.15, 0.2) is 0 Å². The molecule has 0 spiro atoms. The summed E-state index contributed by atoms with van der Waals surface area (Å²) in [6, 6.07) is -0.154. The van der Waals surface area contributed by atoms with E-state index in [1.165, 1.54) is 0 Å². The van der Waals surface area contributed by atoms with Gasteiger partial charge in [0, 0.05) is 5.54 Å². The van der Waals surface area contributed by atoms with Gasteiger partial charge in [-0.2, -0.15) is 0 Å². The summed E-state index contributed by atoms with van der Waals surface area (Å²) >= 11 is 0. The highest BCUT2D eigenvalue weighted by Gasteiger charge is 2.31. The molecule has 1 unspecified atom stereocenters. The van der Waals surface area contributed by atoms with E-state index < -0.39 is 0 Å². The molecule has 0 aliphatic carbocycles. The van der Waals surface area contributed by atoms with Gasteiger partial charge >= 0.3 is 5.97 Å². The van der Waals surface area contributed by atoms with Crippen LogP contribution in [0.2, 0.25) is 0 Å². The SMILES string of the molecule is CCOC(=O)C1CCN(C(C)C(=O)NC(C)(C)CC)CC1. The molecular weight excluding hydrogens is 268 g/mol. The molecule has 1 rings (SSSR count). The minimum absolute atomic E-state index is 0.0106. The molecule has 1 fully saturated rings. The van der Waals surface area contributed by atoms with Crippen LogP contribution in [0, 0.1) is 5.92 Å². The quantitative estimate of drug-likeness (QED) is 0.762. The van der Waals surface area contributed by atoms with E-state index in [0.717, 1.165) is 32.4 Å². The Balaban J connectivity index is 2.46. The molecule has 0 aromatic heterocycles. The van der Waals surface area contributed by atoms with Gasteiger partial charge in [-0.05, 0) is 60.0 Å². The predicted octanol–water partition coefficient (Wildman–Crippen LogP) is 1.95. The average Bonchev–Trinajstić information content (AvgIpc) is 2.46. The van der Waals surface area contributed by atoms with Crippen molar-refractivity contribution in [1.82, 2.24) is 10.2 Å². The maximum absolute atomic E-state index is 12.3. The first-order valence-electron chi connectivity index (χ1n) is 8.03. The van der Waals surface area contributed by atoms with Crippen LogP contribution in [0.5, 0.6) is 0 Å². The smallest absolute Gasteiger partial charge is 0.309 e. The van der Waals surface area contributed by atoms with Crippen molar-refractivity contribution in [3.63, 3.8) is 0 Å². The Morgan fingerprint density at radius 2 is 1.86 bits per heavy atom. The van der Waals surface area contributed by atoms with E-state index in [4.69, 9.17) is 4.74 Å². The number of hydrogen-bond acceptors (Lipinski definition) is 4. The third-order valence-corrected chi connectivity index (χ3v) is 4.42. The van der Waals surface area contributed by atoms with Crippen molar-refractivity contribution in [3.05, 3.63) is 0 Å². The van der Waals surface area contributed by atoms with Crippen molar-refractivity contribution in [2.45, 2.75) is 65.5 Å². The Morgan fingerprint density at radius 1 is 1.29 bits per heavy atom. The number of carbonyl (C=O) groups is 2. The van der Waals surface area contributed by atoms with Gasteiger partial charge in [0.25, 0.3) is 0 Å². The third kappa shape index (κ3) is 5.30. The van der Waals surface area contributed by atoms with Crippen LogP contribution in [0.4, 0.5) is 0 Å². The average molecular weight is 298 g/mol. The lowest BCUT2D eigenvalue weighted by molar-refractivity contribution is -0.149. The molecule has 0 aromatic rings.